The van der Waals surface area contributed by atoms with Crippen molar-refractivity contribution in [1.82, 2.24) is 5.32 Å². The molecule has 0 fully saturated rings. The minimum Gasteiger partial charge on any atom is -0.386 e. The highest BCUT2D eigenvalue weighted by molar-refractivity contribution is 4.74. The van der Waals surface area contributed by atoms with Crippen molar-refractivity contribution >= 4 is 0 Å². The summed E-state index contributed by atoms with van der Waals surface area (Å²) in [5.41, 5.74) is -0.798. The molecule has 0 saturated carbocycles. The lowest BCUT2D eigenvalue weighted by Crippen LogP contribution is -2.42. The molecular formula is C13H29NO3. The highest BCUT2D eigenvalue weighted by atomic mass is 16.5. The summed E-state index contributed by atoms with van der Waals surface area (Å²) >= 11 is 0. The van der Waals surface area contributed by atoms with E-state index in [0.29, 0.717) is 32.3 Å². The van der Waals surface area contributed by atoms with Crippen molar-refractivity contribution in [1.29, 1.82) is 0 Å². The maximum Gasteiger partial charge on any atom is 0.0975 e. The zero-order chi connectivity index (χ0) is 13.1. The van der Waals surface area contributed by atoms with Gasteiger partial charge in [-0.2, -0.15) is 0 Å². The average molecular weight is 247 g/mol. The lowest BCUT2D eigenvalue weighted by molar-refractivity contribution is -0.0479. The van der Waals surface area contributed by atoms with Crippen molar-refractivity contribution in [3.8, 4) is 0 Å². The standard InChI is InChI=1S/C13H29NO3/c1-5-6-14-10-13(4,15)11-17-8-7-16-9-12(2)3/h12,14-15H,5-11H2,1-4H3. The monoisotopic (exact) mass is 247 g/mol. The summed E-state index contributed by atoms with van der Waals surface area (Å²) in [7, 11) is 0. The van der Waals surface area contributed by atoms with E-state index in [-0.39, 0.29) is 0 Å². The van der Waals surface area contributed by atoms with Crippen LogP contribution in [0.25, 0.3) is 0 Å². The Bertz CT molecular complexity index is 172. The second-order valence-electron chi connectivity index (χ2n) is 5.20. The van der Waals surface area contributed by atoms with Crippen LogP contribution in [0.1, 0.15) is 34.1 Å². The molecule has 0 aromatic carbocycles. The van der Waals surface area contributed by atoms with Gasteiger partial charge in [-0.15, -0.1) is 0 Å². The summed E-state index contributed by atoms with van der Waals surface area (Å²) in [6.07, 6.45) is 1.07. The van der Waals surface area contributed by atoms with Crippen LogP contribution in [0, 0.1) is 5.92 Å². The van der Waals surface area contributed by atoms with Crippen LogP contribution < -0.4 is 5.32 Å². The van der Waals surface area contributed by atoms with Crippen LogP contribution in [0.2, 0.25) is 0 Å². The van der Waals surface area contributed by atoms with Crippen molar-refractivity contribution in [2.24, 2.45) is 5.92 Å². The van der Waals surface area contributed by atoms with Gasteiger partial charge in [-0.05, 0) is 25.8 Å². The Balaban J connectivity index is 3.38. The Morgan fingerprint density at radius 3 is 2.47 bits per heavy atom. The minimum absolute atomic E-state index is 0.342. The predicted molar refractivity (Wildman–Crippen MR) is 70.3 cm³/mol. The Hall–Kier alpha value is -0.160. The Morgan fingerprint density at radius 2 is 1.88 bits per heavy atom. The number of rotatable bonds is 11. The highest BCUT2D eigenvalue weighted by Gasteiger charge is 2.19. The molecule has 0 spiro atoms. The summed E-state index contributed by atoms with van der Waals surface area (Å²) < 4.78 is 10.8. The first kappa shape index (κ1) is 16.8. The molecule has 0 heterocycles. The van der Waals surface area contributed by atoms with Crippen LogP contribution in [0.5, 0.6) is 0 Å². The van der Waals surface area contributed by atoms with E-state index in [1.165, 1.54) is 0 Å². The first-order chi connectivity index (χ1) is 7.98. The molecule has 0 amide bonds. The zero-order valence-corrected chi connectivity index (χ0v) is 11.8. The SMILES string of the molecule is CCCNCC(C)(O)COCCOCC(C)C. The van der Waals surface area contributed by atoms with Gasteiger partial charge in [0.05, 0.1) is 25.4 Å². The first-order valence-electron chi connectivity index (χ1n) is 6.56. The van der Waals surface area contributed by atoms with E-state index >= 15 is 0 Å². The molecule has 0 aromatic heterocycles. The van der Waals surface area contributed by atoms with Gasteiger partial charge >= 0.3 is 0 Å². The molecule has 0 saturated heterocycles. The van der Waals surface area contributed by atoms with Gasteiger partial charge in [0.15, 0.2) is 0 Å². The Labute approximate surface area is 106 Å². The van der Waals surface area contributed by atoms with E-state index < -0.39 is 5.60 Å². The lowest BCUT2D eigenvalue weighted by atomic mass is 10.1. The van der Waals surface area contributed by atoms with Crippen LogP contribution >= 0.6 is 0 Å². The van der Waals surface area contributed by atoms with Crippen molar-refractivity contribution in [3.05, 3.63) is 0 Å². The lowest BCUT2D eigenvalue weighted by Gasteiger charge is -2.23. The highest BCUT2D eigenvalue weighted by Crippen LogP contribution is 2.02. The van der Waals surface area contributed by atoms with E-state index in [2.05, 4.69) is 26.1 Å². The fourth-order valence-electron chi connectivity index (χ4n) is 1.31. The van der Waals surface area contributed by atoms with Crippen LogP contribution in [0.15, 0.2) is 0 Å². The van der Waals surface area contributed by atoms with Crippen LogP contribution in [0.3, 0.4) is 0 Å². The number of nitrogens with one attached hydrogen (secondary N) is 1. The van der Waals surface area contributed by atoms with Gasteiger partial charge in [-0.3, -0.25) is 0 Å². The molecule has 1 atom stereocenters. The summed E-state index contributed by atoms with van der Waals surface area (Å²) in [6, 6.07) is 0. The fourth-order valence-corrected chi connectivity index (χ4v) is 1.31. The van der Waals surface area contributed by atoms with E-state index in [9.17, 15) is 5.11 Å². The molecule has 1 unspecified atom stereocenters. The van der Waals surface area contributed by atoms with Crippen LogP contribution in [-0.2, 0) is 9.47 Å². The molecule has 0 aliphatic heterocycles. The molecule has 17 heavy (non-hydrogen) atoms. The maximum atomic E-state index is 9.96. The molecule has 0 aliphatic carbocycles. The third-order valence-corrected chi connectivity index (χ3v) is 2.17. The van der Waals surface area contributed by atoms with Crippen LogP contribution in [0.4, 0.5) is 0 Å². The predicted octanol–water partition coefficient (Wildman–Crippen LogP) is 1.43. The summed E-state index contributed by atoms with van der Waals surface area (Å²) in [5.74, 6) is 0.552. The largest absolute Gasteiger partial charge is 0.386 e. The quantitative estimate of drug-likeness (QED) is 0.542. The molecule has 104 valence electrons. The molecule has 0 aromatic rings. The third kappa shape index (κ3) is 12.1. The van der Waals surface area contributed by atoms with Gasteiger partial charge in [0.25, 0.3) is 0 Å². The van der Waals surface area contributed by atoms with Crippen molar-refractivity contribution < 1.29 is 14.6 Å². The molecule has 2 N–H and O–H groups in total. The number of hydrogen-bond donors (Lipinski definition) is 2. The van der Waals surface area contributed by atoms with E-state index in [1.54, 1.807) is 6.92 Å². The van der Waals surface area contributed by atoms with Gasteiger partial charge in [-0.25, -0.2) is 0 Å². The van der Waals surface area contributed by atoms with Crippen molar-refractivity contribution in [3.63, 3.8) is 0 Å². The molecule has 0 bridgehead atoms. The first-order valence-corrected chi connectivity index (χ1v) is 6.56. The van der Waals surface area contributed by atoms with E-state index in [1.807, 2.05) is 0 Å². The number of ether oxygens (including phenoxy) is 2. The number of aliphatic hydroxyl groups is 1. The molecule has 0 aliphatic rings. The second-order valence-corrected chi connectivity index (χ2v) is 5.20. The normalized spacial score (nSPS) is 15.2. The van der Waals surface area contributed by atoms with Gasteiger partial charge in [0.1, 0.15) is 0 Å². The topological polar surface area (TPSA) is 50.7 Å². The third-order valence-electron chi connectivity index (χ3n) is 2.17. The minimum atomic E-state index is -0.798. The maximum absolute atomic E-state index is 9.96. The van der Waals surface area contributed by atoms with Gasteiger partial charge in [0, 0.05) is 13.2 Å². The fraction of sp³-hybridized carbons (Fsp3) is 1.00. The second kappa shape index (κ2) is 9.83. The van der Waals surface area contributed by atoms with Crippen molar-refractivity contribution in [2.75, 3.05) is 39.5 Å². The van der Waals surface area contributed by atoms with Crippen LogP contribution in [-0.4, -0.2) is 50.2 Å². The molecule has 4 nitrogen and oxygen atoms in total. The molecule has 0 rings (SSSR count). The van der Waals surface area contributed by atoms with Gasteiger partial charge < -0.3 is 19.9 Å². The summed E-state index contributed by atoms with van der Waals surface area (Å²) in [6.45, 7) is 11.8. The smallest absolute Gasteiger partial charge is 0.0975 e. The molecular weight excluding hydrogens is 218 g/mol. The van der Waals surface area contributed by atoms with Gasteiger partial charge in [-0.1, -0.05) is 20.8 Å². The average Bonchev–Trinajstić information content (AvgIpc) is 2.23. The van der Waals surface area contributed by atoms with E-state index in [4.69, 9.17) is 9.47 Å². The van der Waals surface area contributed by atoms with E-state index in [0.717, 1.165) is 19.6 Å². The van der Waals surface area contributed by atoms with Gasteiger partial charge in [0.2, 0.25) is 0 Å². The molecule has 0 radical (unpaired) electrons. The Morgan fingerprint density at radius 1 is 1.24 bits per heavy atom. The summed E-state index contributed by atoms with van der Waals surface area (Å²) in [4.78, 5) is 0. The summed E-state index contributed by atoms with van der Waals surface area (Å²) in [5, 5.41) is 13.1. The molecule has 4 heteroatoms. The zero-order valence-electron chi connectivity index (χ0n) is 11.8. The van der Waals surface area contributed by atoms with Crippen molar-refractivity contribution in [2.45, 2.75) is 39.7 Å². The Kier molecular flexibility index (Phi) is 9.74. The number of hydrogen-bond acceptors (Lipinski definition) is 4.